The fourth-order valence-corrected chi connectivity index (χ4v) is 4.02. The van der Waals surface area contributed by atoms with E-state index < -0.39 is 0 Å². The van der Waals surface area contributed by atoms with E-state index in [1.807, 2.05) is 36.4 Å². The fourth-order valence-electron chi connectivity index (χ4n) is 4.02. The van der Waals surface area contributed by atoms with Gasteiger partial charge in [-0.3, -0.25) is 0 Å². The van der Waals surface area contributed by atoms with Crippen molar-refractivity contribution in [3.05, 3.63) is 36.4 Å². The maximum Gasteiger partial charge on any atom is 0.163 e. The first-order valence-electron chi connectivity index (χ1n) is 10.4. The number of para-hydroxylation sites is 1. The van der Waals surface area contributed by atoms with Crippen molar-refractivity contribution in [3.63, 3.8) is 0 Å². The van der Waals surface area contributed by atoms with Crippen LogP contribution in [0.15, 0.2) is 36.4 Å². The van der Waals surface area contributed by atoms with Crippen molar-refractivity contribution in [3.8, 4) is 11.5 Å². The molecule has 1 aromatic heterocycles. The molecule has 1 saturated heterocycles. The van der Waals surface area contributed by atoms with Crippen LogP contribution in [0.4, 0.5) is 5.69 Å². The third-order valence-corrected chi connectivity index (χ3v) is 5.45. The molecule has 0 unspecified atom stereocenters. The Morgan fingerprint density at radius 3 is 2.69 bits per heavy atom. The molecular weight excluding hydrogens is 366 g/mol. The van der Waals surface area contributed by atoms with E-state index in [9.17, 15) is 5.11 Å². The van der Waals surface area contributed by atoms with Gasteiger partial charge in [0.1, 0.15) is 0 Å². The molecule has 2 aromatic carbocycles. The number of anilines is 1. The molecular formula is C23H29N3O3. The van der Waals surface area contributed by atoms with Crippen molar-refractivity contribution in [1.82, 2.24) is 9.88 Å². The summed E-state index contributed by atoms with van der Waals surface area (Å²) in [5.74, 6) is 1.42. The van der Waals surface area contributed by atoms with E-state index in [2.05, 4.69) is 10.2 Å². The molecule has 0 amide bonds. The first-order valence-corrected chi connectivity index (χ1v) is 10.4. The second kappa shape index (κ2) is 9.29. The van der Waals surface area contributed by atoms with Crippen LogP contribution in [0.3, 0.4) is 0 Å². The first-order chi connectivity index (χ1) is 14.3. The molecule has 0 atom stereocenters. The third kappa shape index (κ3) is 4.38. The minimum absolute atomic E-state index is 0.0630. The summed E-state index contributed by atoms with van der Waals surface area (Å²) in [5.41, 5.74) is 2.71. The number of hydrogen-bond donors (Lipinski definition) is 2. The number of rotatable bonds is 9. The number of aromatic nitrogens is 1. The maximum atomic E-state index is 9.29. The second-order valence-corrected chi connectivity index (χ2v) is 7.43. The lowest BCUT2D eigenvalue weighted by Gasteiger charge is -2.17. The van der Waals surface area contributed by atoms with Crippen LogP contribution in [0.1, 0.15) is 19.3 Å². The largest absolute Gasteiger partial charge is 0.493 e. The molecule has 6 heteroatoms. The zero-order valence-electron chi connectivity index (χ0n) is 17.0. The van der Waals surface area contributed by atoms with Crippen molar-refractivity contribution >= 4 is 27.5 Å². The number of pyridine rings is 1. The van der Waals surface area contributed by atoms with Gasteiger partial charge in [-0.25, -0.2) is 4.98 Å². The van der Waals surface area contributed by atoms with E-state index in [0.717, 1.165) is 46.2 Å². The molecule has 0 saturated carbocycles. The van der Waals surface area contributed by atoms with Crippen molar-refractivity contribution in [2.24, 2.45) is 0 Å². The number of aliphatic hydroxyl groups is 1. The van der Waals surface area contributed by atoms with Gasteiger partial charge in [0.2, 0.25) is 0 Å². The lowest BCUT2D eigenvalue weighted by molar-refractivity contribution is 0.254. The Balaban J connectivity index is 1.62. The number of nitrogens with one attached hydrogen (secondary N) is 1. The summed E-state index contributed by atoms with van der Waals surface area (Å²) in [4.78, 5) is 7.32. The number of aliphatic hydroxyl groups excluding tert-OH is 1. The lowest BCUT2D eigenvalue weighted by Crippen LogP contribution is -2.21. The van der Waals surface area contributed by atoms with Crippen LogP contribution >= 0.6 is 0 Å². The molecule has 29 heavy (non-hydrogen) atoms. The highest BCUT2D eigenvalue weighted by Gasteiger charge is 2.15. The predicted octanol–water partition coefficient (Wildman–Crippen LogP) is 3.67. The Hall–Kier alpha value is -2.57. The topological polar surface area (TPSA) is 66.8 Å². The van der Waals surface area contributed by atoms with Gasteiger partial charge in [-0.2, -0.15) is 0 Å². The maximum absolute atomic E-state index is 9.29. The molecule has 1 fully saturated rings. The van der Waals surface area contributed by atoms with E-state index in [-0.39, 0.29) is 6.61 Å². The SMILES string of the molecule is COc1cc2c(NCCO)c3ccccc3nc2cc1OCCCN1CCCC1. The molecule has 1 aliphatic rings. The molecule has 2 heterocycles. The van der Waals surface area contributed by atoms with Crippen LogP contribution in [-0.4, -0.2) is 61.5 Å². The number of fused-ring (bicyclic) bond motifs is 2. The monoisotopic (exact) mass is 395 g/mol. The van der Waals surface area contributed by atoms with Gasteiger partial charge in [-0.15, -0.1) is 0 Å². The van der Waals surface area contributed by atoms with Gasteiger partial charge >= 0.3 is 0 Å². The van der Waals surface area contributed by atoms with Gasteiger partial charge in [0.25, 0.3) is 0 Å². The molecule has 0 aliphatic carbocycles. The standard InChI is InChI=1S/C23H29N3O3/c1-28-21-15-18-20(16-22(21)29-14-6-12-26-10-4-5-11-26)25-19-8-3-2-7-17(19)23(18)24-9-13-27/h2-3,7-8,15-16,27H,4-6,9-14H2,1H3,(H,24,25). The Bertz CT molecular complexity index is 970. The Morgan fingerprint density at radius 2 is 1.90 bits per heavy atom. The number of benzene rings is 2. The van der Waals surface area contributed by atoms with Crippen LogP contribution in [0.2, 0.25) is 0 Å². The van der Waals surface area contributed by atoms with Crippen molar-refractivity contribution in [2.45, 2.75) is 19.3 Å². The normalized spacial score (nSPS) is 14.6. The summed E-state index contributed by atoms with van der Waals surface area (Å²) in [5, 5.41) is 14.6. The molecule has 6 nitrogen and oxygen atoms in total. The van der Waals surface area contributed by atoms with Crippen LogP contribution in [0, 0.1) is 0 Å². The summed E-state index contributed by atoms with van der Waals surface area (Å²) in [7, 11) is 1.66. The Kier molecular flexibility index (Phi) is 6.32. The zero-order chi connectivity index (χ0) is 20.1. The second-order valence-electron chi connectivity index (χ2n) is 7.43. The van der Waals surface area contributed by atoms with Crippen LogP contribution < -0.4 is 14.8 Å². The number of ether oxygens (including phenoxy) is 2. The van der Waals surface area contributed by atoms with Crippen molar-refractivity contribution in [1.29, 1.82) is 0 Å². The van der Waals surface area contributed by atoms with Crippen LogP contribution in [0.25, 0.3) is 21.8 Å². The highest BCUT2D eigenvalue weighted by molar-refractivity contribution is 6.08. The van der Waals surface area contributed by atoms with Gasteiger partial charge < -0.3 is 24.8 Å². The van der Waals surface area contributed by atoms with Crippen LogP contribution in [-0.2, 0) is 0 Å². The highest BCUT2D eigenvalue weighted by atomic mass is 16.5. The summed E-state index contributed by atoms with van der Waals surface area (Å²) in [6.45, 7) is 4.68. The number of methoxy groups -OCH3 is 1. The summed E-state index contributed by atoms with van der Waals surface area (Å²) >= 11 is 0. The molecule has 0 radical (unpaired) electrons. The van der Waals surface area contributed by atoms with E-state index in [1.165, 1.54) is 25.9 Å². The average Bonchev–Trinajstić information content (AvgIpc) is 3.27. The van der Waals surface area contributed by atoms with E-state index >= 15 is 0 Å². The lowest BCUT2D eigenvalue weighted by atomic mass is 10.1. The molecule has 4 rings (SSSR count). The van der Waals surface area contributed by atoms with Crippen molar-refractivity contribution in [2.75, 3.05) is 51.8 Å². The fraction of sp³-hybridized carbons (Fsp3) is 0.435. The molecule has 0 bridgehead atoms. The average molecular weight is 396 g/mol. The molecule has 3 aromatic rings. The minimum Gasteiger partial charge on any atom is -0.493 e. The highest BCUT2D eigenvalue weighted by Crippen LogP contribution is 2.38. The van der Waals surface area contributed by atoms with Crippen LogP contribution in [0.5, 0.6) is 11.5 Å². The van der Waals surface area contributed by atoms with Gasteiger partial charge in [-0.1, -0.05) is 18.2 Å². The number of hydrogen-bond acceptors (Lipinski definition) is 6. The van der Waals surface area contributed by atoms with E-state index in [1.54, 1.807) is 7.11 Å². The first kappa shape index (κ1) is 19.7. The summed E-state index contributed by atoms with van der Waals surface area (Å²) in [6.07, 6.45) is 3.62. The summed E-state index contributed by atoms with van der Waals surface area (Å²) in [6, 6.07) is 12.0. The number of nitrogens with zero attached hydrogens (tertiary/aromatic N) is 2. The number of likely N-dealkylation sites (tertiary alicyclic amines) is 1. The van der Waals surface area contributed by atoms with Gasteiger partial charge in [0.15, 0.2) is 11.5 Å². The molecule has 2 N–H and O–H groups in total. The van der Waals surface area contributed by atoms with Gasteiger partial charge in [0, 0.05) is 29.9 Å². The van der Waals surface area contributed by atoms with E-state index in [0.29, 0.717) is 18.9 Å². The Labute approximate surface area is 171 Å². The van der Waals surface area contributed by atoms with Crippen molar-refractivity contribution < 1.29 is 14.6 Å². The molecule has 154 valence electrons. The van der Waals surface area contributed by atoms with Gasteiger partial charge in [-0.05, 0) is 44.5 Å². The molecule has 0 spiro atoms. The molecule has 1 aliphatic heterocycles. The minimum atomic E-state index is 0.0630. The smallest absolute Gasteiger partial charge is 0.163 e. The zero-order valence-corrected chi connectivity index (χ0v) is 17.0. The predicted molar refractivity (Wildman–Crippen MR) is 117 cm³/mol. The summed E-state index contributed by atoms with van der Waals surface area (Å²) < 4.78 is 11.7. The Morgan fingerprint density at radius 1 is 1.07 bits per heavy atom. The third-order valence-electron chi connectivity index (χ3n) is 5.45. The van der Waals surface area contributed by atoms with Gasteiger partial charge in [0.05, 0.1) is 37.0 Å². The van der Waals surface area contributed by atoms with E-state index in [4.69, 9.17) is 14.5 Å². The quantitative estimate of drug-likeness (QED) is 0.426.